The van der Waals surface area contributed by atoms with Gasteiger partial charge in [0.05, 0.1) is 0 Å². The van der Waals surface area contributed by atoms with E-state index in [1.807, 2.05) is 0 Å². The molecule has 114 valence electrons. The molecule has 2 fully saturated rings. The van der Waals surface area contributed by atoms with Crippen LogP contribution in [0.25, 0.3) is 0 Å². The number of aliphatic imine (C=N–C) groups is 1. The monoisotopic (exact) mass is 280 g/mol. The van der Waals surface area contributed by atoms with Crippen molar-refractivity contribution in [1.82, 2.24) is 10.2 Å². The van der Waals surface area contributed by atoms with E-state index in [9.17, 15) is 4.79 Å². The Hall–Kier alpha value is -1.26. The molecular formula is C15H28N4O. The van der Waals surface area contributed by atoms with Gasteiger partial charge in [0.15, 0.2) is 5.96 Å². The van der Waals surface area contributed by atoms with Crippen LogP contribution in [0.5, 0.6) is 0 Å². The van der Waals surface area contributed by atoms with E-state index in [0.29, 0.717) is 12.3 Å². The lowest BCUT2D eigenvalue weighted by Gasteiger charge is -2.34. The fourth-order valence-electron chi connectivity index (χ4n) is 2.89. The molecule has 0 spiro atoms. The minimum atomic E-state index is -0.187. The molecule has 1 saturated heterocycles. The molecule has 0 radical (unpaired) electrons. The molecule has 2 aliphatic rings. The summed E-state index contributed by atoms with van der Waals surface area (Å²) in [5, 5.41) is 3.38. The van der Waals surface area contributed by atoms with Gasteiger partial charge in [-0.3, -0.25) is 9.79 Å². The first-order valence-corrected chi connectivity index (χ1v) is 8.00. The number of carbonyl (C=O) groups is 1. The standard InChI is InChI=1S/C15H28N4O/c1-2-17-15(18-8-7-12-5-6-12)19-9-3-4-13(11-19)10-14(16)20/h12-13H,2-11H2,1H3,(H2,16,20)(H,17,18). The van der Waals surface area contributed by atoms with Crippen LogP contribution in [0, 0.1) is 11.8 Å². The molecule has 3 N–H and O–H groups in total. The molecule has 1 aliphatic heterocycles. The number of likely N-dealkylation sites (tertiary alicyclic amines) is 1. The van der Waals surface area contributed by atoms with E-state index in [-0.39, 0.29) is 5.91 Å². The summed E-state index contributed by atoms with van der Waals surface area (Å²) in [5.74, 6) is 2.13. The van der Waals surface area contributed by atoms with Gasteiger partial charge in [0, 0.05) is 32.6 Å². The van der Waals surface area contributed by atoms with Crippen molar-refractivity contribution in [3.05, 3.63) is 0 Å². The second-order valence-corrected chi connectivity index (χ2v) is 6.09. The molecule has 5 nitrogen and oxygen atoms in total. The number of amides is 1. The number of primary amides is 1. The number of carbonyl (C=O) groups excluding carboxylic acids is 1. The van der Waals surface area contributed by atoms with Crippen molar-refractivity contribution in [2.75, 3.05) is 26.2 Å². The summed E-state index contributed by atoms with van der Waals surface area (Å²) in [7, 11) is 0. The third-order valence-electron chi connectivity index (χ3n) is 4.14. The van der Waals surface area contributed by atoms with Crippen LogP contribution in [-0.4, -0.2) is 42.9 Å². The van der Waals surface area contributed by atoms with Gasteiger partial charge < -0.3 is 16.0 Å². The second kappa shape index (κ2) is 7.50. The molecule has 5 heteroatoms. The number of nitrogens with two attached hydrogens (primary N) is 1. The summed E-state index contributed by atoms with van der Waals surface area (Å²) in [5.41, 5.74) is 5.32. The highest BCUT2D eigenvalue weighted by molar-refractivity contribution is 5.80. The van der Waals surface area contributed by atoms with Gasteiger partial charge in [-0.1, -0.05) is 12.8 Å². The number of nitrogens with one attached hydrogen (secondary N) is 1. The predicted molar refractivity (Wildman–Crippen MR) is 81.4 cm³/mol. The Bertz CT molecular complexity index is 352. The van der Waals surface area contributed by atoms with Crippen LogP contribution in [0.4, 0.5) is 0 Å². The van der Waals surface area contributed by atoms with Crippen LogP contribution in [0.2, 0.25) is 0 Å². The first-order chi connectivity index (χ1) is 9.69. The number of hydrogen-bond donors (Lipinski definition) is 2. The van der Waals surface area contributed by atoms with E-state index >= 15 is 0 Å². The fourth-order valence-corrected chi connectivity index (χ4v) is 2.89. The summed E-state index contributed by atoms with van der Waals surface area (Å²) < 4.78 is 0. The Kier molecular flexibility index (Phi) is 5.68. The highest BCUT2D eigenvalue weighted by Gasteiger charge is 2.24. The third kappa shape index (κ3) is 5.02. The minimum Gasteiger partial charge on any atom is -0.370 e. The molecule has 2 rings (SSSR count). The number of rotatable bonds is 6. The van der Waals surface area contributed by atoms with Crippen molar-refractivity contribution in [2.45, 2.75) is 45.4 Å². The summed E-state index contributed by atoms with van der Waals surface area (Å²) in [6, 6.07) is 0. The average molecular weight is 280 g/mol. The van der Waals surface area contributed by atoms with Crippen LogP contribution in [-0.2, 0) is 4.79 Å². The van der Waals surface area contributed by atoms with Gasteiger partial charge in [0.25, 0.3) is 0 Å². The molecule has 1 saturated carbocycles. The van der Waals surface area contributed by atoms with Gasteiger partial charge >= 0.3 is 0 Å². The van der Waals surface area contributed by atoms with Gasteiger partial charge in [-0.05, 0) is 38.0 Å². The summed E-state index contributed by atoms with van der Waals surface area (Å²) in [6.07, 6.45) is 6.70. The van der Waals surface area contributed by atoms with Crippen LogP contribution in [0.1, 0.15) is 45.4 Å². The van der Waals surface area contributed by atoms with E-state index < -0.39 is 0 Å². The Morgan fingerprint density at radius 3 is 2.80 bits per heavy atom. The predicted octanol–water partition coefficient (Wildman–Crippen LogP) is 1.34. The molecule has 0 bridgehead atoms. The lowest BCUT2D eigenvalue weighted by molar-refractivity contribution is -0.119. The molecule has 0 aromatic rings. The van der Waals surface area contributed by atoms with Gasteiger partial charge in [-0.25, -0.2) is 0 Å². The highest BCUT2D eigenvalue weighted by Crippen LogP contribution is 2.32. The van der Waals surface area contributed by atoms with Gasteiger partial charge in [-0.15, -0.1) is 0 Å². The van der Waals surface area contributed by atoms with E-state index in [1.165, 1.54) is 19.3 Å². The molecule has 0 aromatic carbocycles. The molecular weight excluding hydrogens is 252 g/mol. The Balaban J connectivity index is 1.87. The molecule has 1 heterocycles. The first-order valence-electron chi connectivity index (χ1n) is 8.00. The maximum absolute atomic E-state index is 11.1. The number of nitrogens with zero attached hydrogens (tertiary/aromatic N) is 2. The average Bonchev–Trinajstić information content (AvgIpc) is 3.21. The molecule has 1 unspecified atom stereocenters. The third-order valence-corrected chi connectivity index (χ3v) is 4.14. The Morgan fingerprint density at radius 2 is 2.15 bits per heavy atom. The van der Waals surface area contributed by atoms with Crippen molar-refractivity contribution in [3.63, 3.8) is 0 Å². The maximum Gasteiger partial charge on any atom is 0.217 e. The zero-order valence-electron chi connectivity index (χ0n) is 12.6. The molecule has 20 heavy (non-hydrogen) atoms. The summed E-state index contributed by atoms with van der Waals surface area (Å²) in [4.78, 5) is 18.1. The fraction of sp³-hybridized carbons (Fsp3) is 0.867. The quantitative estimate of drug-likeness (QED) is 0.570. The van der Waals surface area contributed by atoms with E-state index in [1.54, 1.807) is 0 Å². The molecule has 1 amide bonds. The lowest BCUT2D eigenvalue weighted by atomic mass is 9.95. The number of piperidine rings is 1. The second-order valence-electron chi connectivity index (χ2n) is 6.09. The van der Waals surface area contributed by atoms with E-state index in [0.717, 1.165) is 50.9 Å². The number of guanidine groups is 1. The zero-order chi connectivity index (χ0) is 14.4. The minimum absolute atomic E-state index is 0.187. The SMILES string of the molecule is CCNC(=NCCC1CC1)N1CCCC(CC(N)=O)C1. The normalized spacial score (nSPS) is 23.8. The Labute approximate surface area is 122 Å². The highest BCUT2D eigenvalue weighted by atomic mass is 16.1. The Morgan fingerprint density at radius 1 is 1.35 bits per heavy atom. The van der Waals surface area contributed by atoms with E-state index in [2.05, 4.69) is 17.1 Å². The van der Waals surface area contributed by atoms with Gasteiger partial charge in [0.2, 0.25) is 5.91 Å². The van der Waals surface area contributed by atoms with Crippen LogP contribution in [0.3, 0.4) is 0 Å². The van der Waals surface area contributed by atoms with Crippen molar-refractivity contribution >= 4 is 11.9 Å². The van der Waals surface area contributed by atoms with Gasteiger partial charge in [-0.2, -0.15) is 0 Å². The first kappa shape index (κ1) is 15.1. The maximum atomic E-state index is 11.1. The van der Waals surface area contributed by atoms with Crippen molar-refractivity contribution < 1.29 is 4.79 Å². The van der Waals surface area contributed by atoms with Crippen LogP contribution >= 0.6 is 0 Å². The molecule has 1 atom stereocenters. The van der Waals surface area contributed by atoms with Gasteiger partial charge in [0.1, 0.15) is 0 Å². The lowest BCUT2D eigenvalue weighted by Crippen LogP contribution is -2.47. The smallest absolute Gasteiger partial charge is 0.217 e. The van der Waals surface area contributed by atoms with Crippen molar-refractivity contribution in [2.24, 2.45) is 22.6 Å². The van der Waals surface area contributed by atoms with Crippen LogP contribution < -0.4 is 11.1 Å². The van der Waals surface area contributed by atoms with Crippen LogP contribution in [0.15, 0.2) is 4.99 Å². The summed E-state index contributed by atoms with van der Waals surface area (Å²) >= 11 is 0. The molecule has 1 aliphatic carbocycles. The summed E-state index contributed by atoms with van der Waals surface area (Å²) in [6.45, 7) is 5.84. The van der Waals surface area contributed by atoms with Crippen molar-refractivity contribution in [1.29, 1.82) is 0 Å². The van der Waals surface area contributed by atoms with E-state index in [4.69, 9.17) is 10.7 Å². The number of hydrogen-bond acceptors (Lipinski definition) is 2. The zero-order valence-corrected chi connectivity index (χ0v) is 12.6. The van der Waals surface area contributed by atoms with Crippen molar-refractivity contribution in [3.8, 4) is 0 Å². The topological polar surface area (TPSA) is 70.7 Å². The largest absolute Gasteiger partial charge is 0.370 e. The molecule has 0 aromatic heterocycles.